The van der Waals surface area contributed by atoms with Gasteiger partial charge in [0.05, 0.1) is 6.61 Å². The topological polar surface area (TPSA) is 38.8 Å². The monoisotopic (exact) mass is 158 g/mol. The number of epoxide rings is 1. The fourth-order valence-electron chi connectivity index (χ4n) is 0.743. The number of ether oxygens (including phenoxy) is 2. The first-order valence-electron chi connectivity index (χ1n) is 4.10. The van der Waals surface area contributed by atoms with Crippen molar-refractivity contribution in [2.75, 3.05) is 13.2 Å². The van der Waals surface area contributed by atoms with Crippen LogP contribution in [0.4, 0.5) is 0 Å². The third kappa shape index (κ3) is 3.98. The van der Waals surface area contributed by atoms with E-state index in [4.69, 9.17) is 9.47 Å². The Balaban J connectivity index is 1.91. The molecule has 1 aliphatic rings. The van der Waals surface area contributed by atoms with Crippen molar-refractivity contribution in [3.05, 3.63) is 0 Å². The third-order valence-corrected chi connectivity index (χ3v) is 1.57. The second-order valence-corrected chi connectivity index (χ2v) is 2.74. The van der Waals surface area contributed by atoms with E-state index in [1.165, 1.54) is 0 Å². The van der Waals surface area contributed by atoms with Crippen molar-refractivity contribution < 1.29 is 14.3 Å². The van der Waals surface area contributed by atoms with Gasteiger partial charge in [-0.3, -0.25) is 4.79 Å². The number of carbonyl (C=O) groups excluding carboxylic acids is 1. The molecule has 0 saturated carbocycles. The SMILES string of the molecule is CCCCC(=O)OCC1CO1. The molecule has 64 valence electrons. The predicted octanol–water partition coefficient (Wildman–Crippen LogP) is 1.12. The van der Waals surface area contributed by atoms with Gasteiger partial charge in [0.15, 0.2) is 0 Å². The van der Waals surface area contributed by atoms with Gasteiger partial charge in [-0.05, 0) is 6.42 Å². The van der Waals surface area contributed by atoms with Gasteiger partial charge in [-0.15, -0.1) is 0 Å². The van der Waals surface area contributed by atoms with Gasteiger partial charge in [-0.1, -0.05) is 13.3 Å². The number of carbonyl (C=O) groups is 1. The molecule has 0 aromatic heterocycles. The zero-order chi connectivity index (χ0) is 8.10. The van der Waals surface area contributed by atoms with Crippen LogP contribution in [0.2, 0.25) is 0 Å². The lowest BCUT2D eigenvalue weighted by molar-refractivity contribution is -0.144. The number of esters is 1. The maximum atomic E-state index is 10.9. The summed E-state index contributed by atoms with van der Waals surface area (Å²) in [4.78, 5) is 10.9. The molecule has 0 spiro atoms. The molecule has 1 saturated heterocycles. The molecule has 0 aliphatic carbocycles. The maximum Gasteiger partial charge on any atom is 0.305 e. The Bertz CT molecular complexity index is 129. The molecule has 1 heterocycles. The highest BCUT2D eigenvalue weighted by atomic mass is 16.6. The van der Waals surface area contributed by atoms with Gasteiger partial charge in [-0.2, -0.15) is 0 Å². The summed E-state index contributed by atoms with van der Waals surface area (Å²) in [6.45, 7) is 3.25. The van der Waals surface area contributed by atoms with Crippen LogP contribution in [0.1, 0.15) is 26.2 Å². The van der Waals surface area contributed by atoms with E-state index in [-0.39, 0.29) is 12.1 Å². The second kappa shape index (κ2) is 4.34. The average Bonchev–Trinajstić information content (AvgIpc) is 2.80. The number of hydrogen-bond acceptors (Lipinski definition) is 3. The van der Waals surface area contributed by atoms with Crippen molar-refractivity contribution >= 4 is 5.97 Å². The van der Waals surface area contributed by atoms with Gasteiger partial charge in [0.2, 0.25) is 0 Å². The van der Waals surface area contributed by atoms with E-state index in [1.54, 1.807) is 0 Å². The number of hydrogen-bond donors (Lipinski definition) is 0. The molecule has 3 heteroatoms. The zero-order valence-corrected chi connectivity index (χ0v) is 6.84. The smallest absolute Gasteiger partial charge is 0.305 e. The minimum Gasteiger partial charge on any atom is -0.463 e. The Hall–Kier alpha value is -0.570. The molecule has 0 aromatic carbocycles. The van der Waals surface area contributed by atoms with Crippen LogP contribution in [-0.2, 0) is 14.3 Å². The summed E-state index contributed by atoms with van der Waals surface area (Å²) in [5.41, 5.74) is 0. The van der Waals surface area contributed by atoms with E-state index in [0.717, 1.165) is 19.4 Å². The van der Waals surface area contributed by atoms with Gasteiger partial charge < -0.3 is 9.47 Å². The van der Waals surface area contributed by atoms with Crippen LogP contribution < -0.4 is 0 Å². The van der Waals surface area contributed by atoms with Crippen LogP contribution in [-0.4, -0.2) is 25.3 Å². The summed E-state index contributed by atoms with van der Waals surface area (Å²) in [5.74, 6) is -0.0950. The van der Waals surface area contributed by atoms with Crippen LogP contribution in [0.5, 0.6) is 0 Å². The molecular formula is C8H14O3. The van der Waals surface area contributed by atoms with Crippen LogP contribution in [0.15, 0.2) is 0 Å². The largest absolute Gasteiger partial charge is 0.463 e. The van der Waals surface area contributed by atoms with E-state index in [9.17, 15) is 4.79 Å². The molecule has 0 bridgehead atoms. The summed E-state index contributed by atoms with van der Waals surface area (Å²) in [5, 5.41) is 0. The fraction of sp³-hybridized carbons (Fsp3) is 0.875. The summed E-state index contributed by atoms with van der Waals surface area (Å²) < 4.78 is 9.79. The summed E-state index contributed by atoms with van der Waals surface area (Å²) in [6, 6.07) is 0. The third-order valence-electron chi connectivity index (χ3n) is 1.57. The molecule has 0 amide bonds. The first kappa shape index (κ1) is 8.53. The van der Waals surface area contributed by atoms with Crippen LogP contribution in [0.3, 0.4) is 0 Å². The minimum absolute atomic E-state index is 0.0950. The Morgan fingerprint density at radius 2 is 2.45 bits per heavy atom. The van der Waals surface area contributed by atoms with Crippen molar-refractivity contribution in [3.63, 3.8) is 0 Å². The van der Waals surface area contributed by atoms with E-state index < -0.39 is 0 Å². The normalized spacial score (nSPS) is 21.4. The molecule has 0 aromatic rings. The highest BCUT2D eigenvalue weighted by Gasteiger charge is 2.23. The molecular weight excluding hydrogens is 144 g/mol. The molecule has 1 unspecified atom stereocenters. The van der Waals surface area contributed by atoms with Gasteiger partial charge in [-0.25, -0.2) is 0 Å². The second-order valence-electron chi connectivity index (χ2n) is 2.74. The van der Waals surface area contributed by atoms with Gasteiger partial charge in [0, 0.05) is 6.42 Å². The average molecular weight is 158 g/mol. The summed E-state index contributed by atoms with van der Waals surface area (Å²) in [6.07, 6.45) is 2.70. The van der Waals surface area contributed by atoms with Crippen LogP contribution in [0, 0.1) is 0 Å². The van der Waals surface area contributed by atoms with Crippen LogP contribution >= 0.6 is 0 Å². The van der Waals surface area contributed by atoms with Crippen molar-refractivity contribution in [2.45, 2.75) is 32.3 Å². The molecule has 3 nitrogen and oxygen atoms in total. The molecule has 1 rings (SSSR count). The number of unbranched alkanes of at least 4 members (excludes halogenated alkanes) is 1. The lowest BCUT2D eigenvalue weighted by Crippen LogP contribution is -2.09. The standard InChI is InChI=1S/C8H14O3/c1-2-3-4-8(9)11-6-7-5-10-7/h7H,2-6H2,1H3. The zero-order valence-electron chi connectivity index (χ0n) is 6.84. The van der Waals surface area contributed by atoms with E-state index >= 15 is 0 Å². The lowest BCUT2D eigenvalue weighted by Gasteiger charge is -2.00. The Morgan fingerprint density at radius 1 is 1.73 bits per heavy atom. The summed E-state index contributed by atoms with van der Waals surface area (Å²) >= 11 is 0. The van der Waals surface area contributed by atoms with Crippen molar-refractivity contribution in [1.29, 1.82) is 0 Å². The van der Waals surface area contributed by atoms with E-state index in [2.05, 4.69) is 6.92 Å². The molecule has 11 heavy (non-hydrogen) atoms. The molecule has 1 fully saturated rings. The highest BCUT2D eigenvalue weighted by molar-refractivity contribution is 5.69. The lowest BCUT2D eigenvalue weighted by atomic mass is 10.2. The highest BCUT2D eigenvalue weighted by Crippen LogP contribution is 2.09. The molecule has 1 aliphatic heterocycles. The fourth-order valence-corrected chi connectivity index (χ4v) is 0.743. The van der Waals surface area contributed by atoms with E-state index in [1.807, 2.05) is 0 Å². The van der Waals surface area contributed by atoms with E-state index in [0.29, 0.717) is 13.0 Å². The Kier molecular flexibility index (Phi) is 3.36. The van der Waals surface area contributed by atoms with Gasteiger partial charge in [0.1, 0.15) is 12.7 Å². The molecule has 1 atom stereocenters. The Labute approximate surface area is 66.7 Å². The van der Waals surface area contributed by atoms with Gasteiger partial charge >= 0.3 is 5.97 Å². The first-order chi connectivity index (χ1) is 5.33. The molecule has 0 N–H and O–H groups in total. The minimum atomic E-state index is -0.0950. The van der Waals surface area contributed by atoms with Gasteiger partial charge in [0.25, 0.3) is 0 Å². The Morgan fingerprint density at radius 3 is 3.00 bits per heavy atom. The van der Waals surface area contributed by atoms with Crippen LogP contribution in [0.25, 0.3) is 0 Å². The van der Waals surface area contributed by atoms with Crippen molar-refractivity contribution in [3.8, 4) is 0 Å². The molecule has 0 radical (unpaired) electrons. The summed E-state index contributed by atoms with van der Waals surface area (Å²) in [7, 11) is 0. The predicted molar refractivity (Wildman–Crippen MR) is 40.2 cm³/mol. The first-order valence-corrected chi connectivity index (χ1v) is 4.10. The quantitative estimate of drug-likeness (QED) is 0.444. The number of rotatable bonds is 5. The van der Waals surface area contributed by atoms with Crippen molar-refractivity contribution in [1.82, 2.24) is 0 Å². The van der Waals surface area contributed by atoms with Crippen molar-refractivity contribution in [2.24, 2.45) is 0 Å². The maximum absolute atomic E-state index is 10.9.